The lowest BCUT2D eigenvalue weighted by Crippen LogP contribution is -2.53. The number of hydrogen-bond acceptors (Lipinski definition) is 3. The van der Waals surface area contributed by atoms with Crippen molar-refractivity contribution in [2.45, 2.75) is 45.3 Å². The van der Waals surface area contributed by atoms with E-state index in [4.69, 9.17) is 4.74 Å². The number of carbonyl (C=O) groups excluding carboxylic acids is 2. The molecule has 0 unspecified atom stereocenters. The van der Waals surface area contributed by atoms with Crippen molar-refractivity contribution in [3.8, 4) is 5.75 Å². The van der Waals surface area contributed by atoms with Crippen molar-refractivity contribution in [1.82, 2.24) is 10.2 Å². The number of halogens is 1. The predicted molar refractivity (Wildman–Crippen MR) is 156 cm³/mol. The first kappa shape index (κ1) is 27.4. The van der Waals surface area contributed by atoms with E-state index in [0.717, 1.165) is 32.8 Å². The number of fused-ring (bicyclic) bond motifs is 1. The molecule has 38 heavy (non-hydrogen) atoms. The van der Waals surface area contributed by atoms with E-state index in [1.54, 1.807) is 4.90 Å². The third-order valence-electron chi connectivity index (χ3n) is 6.65. The Morgan fingerprint density at radius 2 is 1.50 bits per heavy atom. The second-order valence-corrected chi connectivity index (χ2v) is 10.2. The summed E-state index contributed by atoms with van der Waals surface area (Å²) in [7, 11) is 0. The summed E-state index contributed by atoms with van der Waals surface area (Å²) >= 11 is 3.64. The highest BCUT2D eigenvalue weighted by Gasteiger charge is 2.31. The first-order valence-corrected chi connectivity index (χ1v) is 13.7. The number of hydrogen-bond donors (Lipinski definition) is 1. The summed E-state index contributed by atoms with van der Waals surface area (Å²) in [6.07, 6.45) is 1.21. The Kier molecular flexibility index (Phi) is 9.55. The van der Waals surface area contributed by atoms with Crippen LogP contribution in [-0.2, 0) is 22.6 Å². The molecule has 0 saturated heterocycles. The Labute approximate surface area is 232 Å². The summed E-state index contributed by atoms with van der Waals surface area (Å²) in [6.45, 7) is 4.11. The van der Waals surface area contributed by atoms with Gasteiger partial charge in [-0.1, -0.05) is 97.9 Å². The van der Waals surface area contributed by atoms with E-state index in [2.05, 4.69) is 21.2 Å². The minimum Gasteiger partial charge on any atom is -0.483 e. The van der Waals surface area contributed by atoms with E-state index in [1.165, 1.54) is 0 Å². The average Bonchev–Trinajstić information content (AvgIpc) is 2.95. The lowest BCUT2D eigenvalue weighted by molar-refractivity contribution is -0.143. The van der Waals surface area contributed by atoms with Crippen LogP contribution in [0.1, 0.15) is 31.4 Å². The molecule has 5 nitrogen and oxygen atoms in total. The summed E-state index contributed by atoms with van der Waals surface area (Å²) in [5, 5.41) is 5.18. The molecule has 0 fully saturated rings. The van der Waals surface area contributed by atoms with Crippen LogP contribution in [0.4, 0.5) is 0 Å². The number of benzene rings is 4. The van der Waals surface area contributed by atoms with Gasteiger partial charge >= 0.3 is 0 Å². The largest absolute Gasteiger partial charge is 0.483 e. The number of rotatable bonds is 11. The molecule has 196 valence electrons. The maximum Gasteiger partial charge on any atom is 0.261 e. The number of nitrogens with one attached hydrogen (secondary N) is 1. The highest BCUT2D eigenvalue weighted by Crippen LogP contribution is 2.33. The minimum absolute atomic E-state index is 0.000689. The fraction of sp³-hybridized carbons (Fsp3) is 0.250. The molecule has 2 amide bonds. The minimum atomic E-state index is -0.692. The first-order chi connectivity index (χ1) is 18.5. The highest BCUT2D eigenvalue weighted by molar-refractivity contribution is 9.10. The van der Waals surface area contributed by atoms with Crippen LogP contribution in [0.15, 0.2) is 102 Å². The average molecular weight is 574 g/mol. The number of nitrogens with zero attached hydrogens (tertiary/aromatic N) is 1. The molecule has 0 aliphatic rings. The number of carbonyl (C=O) groups is 2. The molecule has 0 heterocycles. The summed E-state index contributed by atoms with van der Waals surface area (Å²) in [5.74, 6) is 0.161. The van der Waals surface area contributed by atoms with E-state index in [1.807, 2.05) is 111 Å². The van der Waals surface area contributed by atoms with Gasteiger partial charge in [-0.2, -0.15) is 0 Å². The van der Waals surface area contributed by atoms with Crippen LogP contribution in [0.25, 0.3) is 10.8 Å². The van der Waals surface area contributed by atoms with Crippen molar-refractivity contribution in [3.05, 3.63) is 113 Å². The van der Waals surface area contributed by atoms with Crippen molar-refractivity contribution in [1.29, 1.82) is 0 Å². The first-order valence-electron chi connectivity index (χ1n) is 12.9. The van der Waals surface area contributed by atoms with Gasteiger partial charge in [0.25, 0.3) is 5.91 Å². The summed E-state index contributed by atoms with van der Waals surface area (Å²) in [5.41, 5.74) is 1.93. The van der Waals surface area contributed by atoms with E-state index in [9.17, 15) is 9.59 Å². The van der Waals surface area contributed by atoms with Gasteiger partial charge in [-0.25, -0.2) is 0 Å². The van der Waals surface area contributed by atoms with E-state index < -0.39 is 6.04 Å². The molecule has 0 radical (unpaired) electrons. The molecule has 2 atom stereocenters. The van der Waals surface area contributed by atoms with Crippen LogP contribution in [-0.4, -0.2) is 35.4 Å². The lowest BCUT2D eigenvalue weighted by Gasteiger charge is -2.32. The van der Waals surface area contributed by atoms with E-state index in [0.29, 0.717) is 18.7 Å². The van der Waals surface area contributed by atoms with Crippen molar-refractivity contribution in [2.75, 3.05) is 6.61 Å². The van der Waals surface area contributed by atoms with Gasteiger partial charge < -0.3 is 15.0 Å². The second kappa shape index (κ2) is 13.2. The van der Waals surface area contributed by atoms with Gasteiger partial charge in [0.2, 0.25) is 5.91 Å². The predicted octanol–water partition coefficient (Wildman–Crippen LogP) is 6.54. The molecule has 4 aromatic carbocycles. The fourth-order valence-corrected chi connectivity index (χ4v) is 4.93. The van der Waals surface area contributed by atoms with Gasteiger partial charge in [0.05, 0.1) is 4.47 Å². The van der Waals surface area contributed by atoms with Gasteiger partial charge in [0.1, 0.15) is 11.8 Å². The van der Waals surface area contributed by atoms with E-state index in [-0.39, 0.29) is 24.5 Å². The Balaban J connectivity index is 1.62. The maximum atomic E-state index is 13.8. The van der Waals surface area contributed by atoms with Crippen LogP contribution >= 0.6 is 15.9 Å². The van der Waals surface area contributed by atoms with Gasteiger partial charge in [-0.15, -0.1) is 0 Å². The van der Waals surface area contributed by atoms with E-state index >= 15 is 0 Å². The monoisotopic (exact) mass is 572 g/mol. The Morgan fingerprint density at radius 3 is 2.18 bits per heavy atom. The molecule has 0 spiro atoms. The molecular weight excluding hydrogens is 540 g/mol. The molecule has 0 bridgehead atoms. The smallest absolute Gasteiger partial charge is 0.261 e. The van der Waals surface area contributed by atoms with Crippen LogP contribution in [0.3, 0.4) is 0 Å². The fourth-order valence-electron chi connectivity index (χ4n) is 4.32. The summed E-state index contributed by atoms with van der Waals surface area (Å²) in [4.78, 5) is 29.0. The van der Waals surface area contributed by atoms with Crippen molar-refractivity contribution in [3.63, 3.8) is 0 Å². The molecule has 0 aliphatic heterocycles. The normalized spacial score (nSPS) is 12.5. The molecule has 1 N–H and O–H groups in total. The van der Waals surface area contributed by atoms with Gasteiger partial charge in [-0.3, -0.25) is 9.59 Å². The molecule has 0 aromatic heterocycles. The molecule has 4 rings (SSSR count). The zero-order valence-electron chi connectivity index (χ0n) is 21.8. The third-order valence-corrected chi connectivity index (χ3v) is 7.46. The van der Waals surface area contributed by atoms with Crippen LogP contribution in [0.2, 0.25) is 0 Å². The third kappa shape index (κ3) is 7.01. The zero-order valence-corrected chi connectivity index (χ0v) is 23.4. The lowest BCUT2D eigenvalue weighted by atomic mass is 10.0. The van der Waals surface area contributed by atoms with Crippen LogP contribution < -0.4 is 10.1 Å². The standard InChI is InChI=1S/C32H33BrN2O3/c1-3-23(2)34-32(37)28(20-24-12-6-4-7-13-24)35(21-25-14-8-5-9-15-25)30(36)22-38-29-19-18-26-16-10-11-17-27(26)31(29)33/h4-19,23,28H,3,20-22H2,1-2H3,(H,34,37)/t23-,28+/m1/s1. The molecular formula is C32H33BrN2O3. The molecule has 0 aliphatic carbocycles. The summed E-state index contributed by atoms with van der Waals surface area (Å²) in [6, 6.07) is 30.7. The van der Waals surface area contributed by atoms with Gasteiger partial charge in [0.15, 0.2) is 6.61 Å². The number of ether oxygens (including phenoxy) is 1. The maximum absolute atomic E-state index is 13.8. The Bertz CT molecular complexity index is 1360. The quantitative estimate of drug-likeness (QED) is 0.222. The van der Waals surface area contributed by atoms with Gasteiger partial charge in [0, 0.05) is 19.0 Å². The zero-order chi connectivity index (χ0) is 26.9. The van der Waals surface area contributed by atoms with Crippen LogP contribution in [0, 0.1) is 0 Å². The Morgan fingerprint density at radius 1 is 0.868 bits per heavy atom. The topological polar surface area (TPSA) is 58.6 Å². The molecule has 0 saturated carbocycles. The van der Waals surface area contributed by atoms with Crippen LogP contribution in [0.5, 0.6) is 5.75 Å². The Hall–Kier alpha value is -3.64. The van der Waals surface area contributed by atoms with Crippen molar-refractivity contribution < 1.29 is 14.3 Å². The molecule has 4 aromatic rings. The summed E-state index contributed by atoms with van der Waals surface area (Å²) < 4.78 is 6.84. The highest BCUT2D eigenvalue weighted by atomic mass is 79.9. The second-order valence-electron chi connectivity index (χ2n) is 9.42. The van der Waals surface area contributed by atoms with Crippen molar-refractivity contribution >= 4 is 38.5 Å². The SMILES string of the molecule is CC[C@@H](C)NC(=O)[C@H](Cc1ccccc1)N(Cc1ccccc1)C(=O)COc1ccc2ccccc2c1Br. The van der Waals surface area contributed by atoms with Gasteiger partial charge in [-0.05, 0) is 57.2 Å². The molecule has 6 heteroatoms. The number of amides is 2. The van der Waals surface area contributed by atoms with Crippen molar-refractivity contribution in [2.24, 2.45) is 0 Å².